The van der Waals surface area contributed by atoms with Gasteiger partial charge in [0.25, 0.3) is 5.91 Å². The number of carbonyl (C=O) groups excluding carboxylic acids is 1. The zero-order chi connectivity index (χ0) is 21.3. The van der Waals surface area contributed by atoms with Gasteiger partial charge in [0.2, 0.25) is 5.52 Å². The maximum atomic E-state index is 13.5. The molecule has 0 radical (unpaired) electrons. The van der Waals surface area contributed by atoms with Gasteiger partial charge in [-0.2, -0.15) is 22.9 Å². The molecule has 1 aromatic heterocycles. The highest BCUT2D eigenvalue weighted by Gasteiger charge is 2.35. The molecular formula is C19H15F3N4O3. The summed E-state index contributed by atoms with van der Waals surface area (Å²) in [6.07, 6.45) is -4.80. The molecule has 0 atom stereocenters. The fraction of sp³-hybridized carbons (Fsp3) is 0.105. The number of alkyl halides is 3. The van der Waals surface area contributed by atoms with Crippen molar-refractivity contribution in [1.29, 1.82) is 0 Å². The van der Waals surface area contributed by atoms with E-state index in [1.165, 1.54) is 18.2 Å². The third kappa shape index (κ3) is 4.21. The van der Waals surface area contributed by atoms with Gasteiger partial charge in [0, 0.05) is 24.6 Å². The Hall–Kier alpha value is -3.82. The second-order valence-electron chi connectivity index (χ2n) is 6.14. The third-order valence-electron chi connectivity index (χ3n) is 4.03. The number of carbonyl (C=O) groups is 1. The lowest BCUT2D eigenvalue weighted by Gasteiger charge is -2.15. The number of ether oxygens (including phenoxy) is 1. The molecule has 0 unspecified atom stereocenters. The van der Waals surface area contributed by atoms with Gasteiger partial charge in [0.1, 0.15) is 11.5 Å². The Labute approximate surface area is 162 Å². The summed E-state index contributed by atoms with van der Waals surface area (Å²) >= 11 is 0. The molecule has 0 saturated heterocycles. The summed E-state index contributed by atoms with van der Waals surface area (Å²) in [5.74, 6) is -2.00. The minimum absolute atomic E-state index is 0.0927. The molecule has 1 heterocycles. The summed E-state index contributed by atoms with van der Waals surface area (Å²) in [7, 11) is 0. The van der Waals surface area contributed by atoms with Crippen LogP contribution in [-0.2, 0) is 6.18 Å². The lowest BCUT2D eigenvalue weighted by atomic mass is 10.1. The van der Waals surface area contributed by atoms with E-state index in [0.717, 1.165) is 12.1 Å². The second-order valence-corrected chi connectivity index (χ2v) is 6.14. The first kappa shape index (κ1) is 19.9. The van der Waals surface area contributed by atoms with E-state index in [0.29, 0.717) is 27.4 Å². The zero-order valence-electron chi connectivity index (χ0n) is 15.0. The normalized spacial score (nSPS) is 11.3. The van der Waals surface area contributed by atoms with Crippen molar-refractivity contribution in [2.75, 3.05) is 0 Å². The topological polar surface area (TPSA) is 118 Å². The number of nitrogens with two attached hydrogens (primary N) is 2. The zero-order valence-corrected chi connectivity index (χ0v) is 15.0. The summed E-state index contributed by atoms with van der Waals surface area (Å²) in [5.41, 5.74) is 9.49. The molecule has 150 valence electrons. The number of benzene rings is 2. The predicted octanol–water partition coefficient (Wildman–Crippen LogP) is 3.01. The predicted molar refractivity (Wildman–Crippen MR) is 99.3 cm³/mol. The van der Waals surface area contributed by atoms with Gasteiger partial charge in [-0.3, -0.25) is 4.79 Å². The Bertz CT molecular complexity index is 1140. The maximum absolute atomic E-state index is 13.5. The van der Waals surface area contributed by atoms with Crippen LogP contribution in [0.5, 0.6) is 11.5 Å². The van der Waals surface area contributed by atoms with Crippen molar-refractivity contribution >= 4 is 22.8 Å². The van der Waals surface area contributed by atoms with Crippen LogP contribution in [0.25, 0.3) is 10.9 Å². The first-order valence-corrected chi connectivity index (χ1v) is 8.22. The minimum atomic E-state index is -4.80. The largest absolute Gasteiger partial charge is 0.618 e. The van der Waals surface area contributed by atoms with Crippen LogP contribution in [0.4, 0.5) is 13.2 Å². The summed E-state index contributed by atoms with van der Waals surface area (Å²) < 4.78 is 46.6. The molecule has 0 aliphatic carbocycles. The molecule has 0 saturated carbocycles. The SMILES string of the molecule is Cc1ccc2cc(Oc3ccc(C(=O)N=C(N)N)cc3C(F)(F)F)ccc2[n+]1[O-]. The molecule has 4 N–H and O–H groups in total. The van der Waals surface area contributed by atoms with Crippen LogP contribution in [0.1, 0.15) is 21.6 Å². The van der Waals surface area contributed by atoms with Crippen LogP contribution >= 0.6 is 0 Å². The van der Waals surface area contributed by atoms with Crippen LogP contribution in [0.15, 0.2) is 53.5 Å². The van der Waals surface area contributed by atoms with Crippen molar-refractivity contribution < 1.29 is 27.4 Å². The number of guanidine groups is 1. The smallest absolute Gasteiger partial charge is 0.420 e. The summed E-state index contributed by atoms with van der Waals surface area (Å²) in [5, 5.41) is 12.5. The van der Waals surface area contributed by atoms with E-state index in [1.54, 1.807) is 19.1 Å². The number of amides is 1. The van der Waals surface area contributed by atoms with Crippen molar-refractivity contribution in [1.82, 2.24) is 0 Å². The van der Waals surface area contributed by atoms with Crippen LogP contribution in [0, 0.1) is 12.1 Å². The first-order chi connectivity index (χ1) is 13.6. The molecule has 3 rings (SSSR count). The monoisotopic (exact) mass is 404 g/mol. The van der Waals surface area contributed by atoms with Gasteiger partial charge < -0.3 is 21.4 Å². The molecule has 3 aromatic rings. The molecule has 0 bridgehead atoms. The van der Waals surface area contributed by atoms with Gasteiger partial charge in [0.05, 0.1) is 10.9 Å². The second kappa shape index (κ2) is 7.30. The number of aryl methyl sites for hydroxylation is 1. The standard InChI is InChI=1S/C19H15F3N4O3/c1-10-2-3-11-8-13(5-6-15(11)26(10)28)29-16-7-4-12(17(27)25-18(23)24)9-14(16)19(20,21)22/h2-9H,1H3,(H4,23,24,25,27). The van der Waals surface area contributed by atoms with Crippen LogP contribution in [0.3, 0.4) is 0 Å². The number of aromatic nitrogens is 1. The molecule has 2 aromatic carbocycles. The van der Waals surface area contributed by atoms with E-state index in [9.17, 15) is 23.2 Å². The lowest BCUT2D eigenvalue weighted by Crippen LogP contribution is -2.30. The maximum Gasteiger partial charge on any atom is 0.420 e. The van der Waals surface area contributed by atoms with Crippen LogP contribution in [-0.4, -0.2) is 11.9 Å². The number of hydrogen-bond donors (Lipinski definition) is 2. The fourth-order valence-corrected chi connectivity index (χ4v) is 2.66. The number of nitrogens with zero attached hydrogens (tertiary/aromatic N) is 2. The Morgan fingerprint density at radius 2 is 1.83 bits per heavy atom. The van der Waals surface area contributed by atoms with E-state index in [1.807, 2.05) is 0 Å². The molecule has 29 heavy (non-hydrogen) atoms. The van der Waals surface area contributed by atoms with Crippen molar-refractivity contribution in [2.24, 2.45) is 16.5 Å². The molecule has 0 aliphatic rings. The van der Waals surface area contributed by atoms with Gasteiger partial charge in [-0.1, -0.05) is 0 Å². The highest BCUT2D eigenvalue weighted by atomic mass is 19.4. The molecule has 10 heteroatoms. The number of pyridine rings is 1. The van der Waals surface area contributed by atoms with E-state index in [-0.39, 0.29) is 11.3 Å². The Kier molecular flexibility index (Phi) is 5.02. The molecular weight excluding hydrogens is 389 g/mol. The van der Waals surface area contributed by atoms with Gasteiger partial charge in [0.15, 0.2) is 11.7 Å². The van der Waals surface area contributed by atoms with E-state index >= 15 is 0 Å². The Balaban J connectivity index is 2.02. The Morgan fingerprint density at radius 3 is 2.48 bits per heavy atom. The van der Waals surface area contributed by atoms with Crippen molar-refractivity contribution in [3.05, 3.63) is 70.6 Å². The van der Waals surface area contributed by atoms with Gasteiger partial charge in [-0.05, 0) is 36.4 Å². The van der Waals surface area contributed by atoms with Crippen LogP contribution in [0.2, 0.25) is 0 Å². The van der Waals surface area contributed by atoms with Gasteiger partial charge in [-0.15, -0.1) is 0 Å². The van der Waals surface area contributed by atoms with Crippen molar-refractivity contribution in [3.63, 3.8) is 0 Å². The molecule has 1 amide bonds. The summed E-state index contributed by atoms with van der Waals surface area (Å²) in [6.45, 7) is 1.64. The average molecular weight is 404 g/mol. The average Bonchev–Trinajstić information content (AvgIpc) is 2.63. The quantitative estimate of drug-likeness (QED) is 0.301. The molecule has 0 aliphatic heterocycles. The number of rotatable bonds is 3. The van der Waals surface area contributed by atoms with E-state index < -0.39 is 29.4 Å². The number of aliphatic imine (C=N–C) groups is 1. The number of hydrogen-bond acceptors (Lipinski definition) is 3. The minimum Gasteiger partial charge on any atom is -0.618 e. The van der Waals surface area contributed by atoms with Crippen molar-refractivity contribution in [2.45, 2.75) is 13.1 Å². The van der Waals surface area contributed by atoms with Crippen LogP contribution < -0.4 is 20.9 Å². The summed E-state index contributed by atoms with van der Waals surface area (Å²) in [6, 6.07) is 10.3. The molecule has 0 fully saturated rings. The Morgan fingerprint density at radius 1 is 1.10 bits per heavy atom. The highest BCUT2D eigenvalue weighted by molar-refractivity contribution is 6.02. The third-order valence-corrected chi connectivity index (χ3v) is 4.03. The lowest BCUT2D eigenvalue weighted by molar-refractivity contribution is -0.584. The van der Waals surface area contributed by atoms with Crippen molar-refractivity contribution in [3.8, 4) is 11.5 Å². The highest BCUT2D eigenvalue weighted by Crippen LogP contribution is 2.39. The van der Waals surface area contributed by atoms with Gasteiger partial charge in [-0.25, -0.2) is 0 Å². The van der Waals surface area contributed by atoms with Gasteiger partial charge >= 0.3 is 6.18 Å². The first-order valence-electron chi connectivity index (χ1n) is 8.22. The fourth-order valence-electron chi connectivity index (χ4n) is 2.66. The summed E-state index contributed by atoms with van der Waals surface area (Å²) in [4.78, 5) is 15.0. The number of halogens is 3. The molecule has 7 nitrogen and oxygen atoms in total. The van der Waals surface area contributed by atoms with E-state index in [2.05, 4.69) is 4.99 Å². The van der Waals surface area contributed by atoms with E-state index in [4.69, 9.17) is 16.2 Å². The number of fused-ring (bicyclic) bond motifs is 1. The molecule has 0 spiro atoms.